The molecule has 3 aromatic carbocycles. The maximum atomic E-state index is 12.0. The van der Waals surface area contributed by atoms with Gasteiger partial charge < -0.3 is 14.2 Å². The number of methoxy groups -OCH3 is 1. The highest BCUT2D eigenvalue weighted by Crippen LogP contribution is 2.29. The Bertz CT molecular complexity index is 1010. The SMILES string of the molecule is COc1cc(/C=C/C(=O)Oc2ccc(Br)cc2)ccc1OCc1ccccc1C. The van der Waals surface area contributed by atoms with Crippen LogP contribution in [0.1, 0.15) is 16.7 Å². The molecule has 0 aliphatic carbocycles. The lowest BCUT2D eigenvalue weighted by Gasteiger charge is -2.12. The fourth-order valence-electron chi connectivity index (χ4n) is 2.65. The third-order valence-electron chi connectivity index (χ3n) is 4.28. The highest BCUT2D eigenvalue weighted by Gasteiger charge is 2.07. The summed E-state index contributed by atoms with van der Waals surface area (Å²) in [6.07, 6.45) is 3.06. The Morgan fingerprint density at radius 1 is 1.00 bits per heavy atom. The molecule has 3 aromatic rings. The molecule has 3 rings (SSSR count). The quantitative estimate of drug-likeness (QED) is 0.252. The molecule has 0 aliphatic heterocycles. The van der Waals surface area contributed by atoms with Gasteiger partial charge in [-0.15, -0.1) is 0 Å². The molecule has 0 unspecified atom stereocenters. The number of rotatable bonds is 7. The van der Waals surface area contributed by atoms with Crippen molar-refractivity contribution in [1.29, 1.82) is 0 Å². The molecule has 0 aromatic heterocycles. The molecule has 0 spiro atoms. The standard InChI is InChI=1S/C24H21BrO4/c1-17-5-3-4-6-19(17)16-28-22-13-7-18(15-23(22)27-2)8-14-24(26)29-21-11-9-20(25)10-12-21/h3-15H,16H2,1-2H3/b14-8+. The van der Waals surface area contributed by atoms with E-state index in [1.807, 2.05) is 48.5 Å². The maximum Gasteiger partial charge on any atom is 0.336 e. The Morgan fingerprint density at radius 3 is 2.48 bits per heavy atom. The molecule has 0 N–H and O–H groups in total. The van der Waals surface area contributed by atoms with Crippen molar-refractivity contribution in [2.45, 2.75) is 13.5 Å². The van der Waals surface area contributed by atoms with Crippen molar-refractivity contribution in [2.75, 3.05) is 7.11 Å². The number of carbonyl (C=O) groups is 1. The van der Waals surface area contributed by atoms with Gasteiger partial charge in [0, 0.05) is 10.5 Å². The predicted molar refractivity (Wildman–Crippen MR) is 117 cm³/mol. The van der Waals surface area contributed by atoms with Gasteiger partial charge in [-0.25, -0.2) is 4.79 Å². The molecule has 0 bridgehead atoms. The molecule has 5 heteroatoms. The topological polar surface area (TPSA) is 44.8 Å². The smallest absolute Gasteiger partial charge is 0.336 e. The van der Waals surface area contributed by atoms with Gasteiger partial charge in [-0.1, -0.05) is 46.3 Å². The summed E-state index contributed by atoms with van der Waals surface area (Å²) in [7, 11) is 1.59. The summed E-state index contributed by atoms with van der Waals surface area (Å²) >= 11 is 3.34. The van der Waals surface area contributed by atoms with Gasteiger partial charge in [0.1, 0.15) is 12.4 Å². The van der Waals surface area contributed by atoms with E-state index < -0.39 is 5.97 Å². The van der Waals surface area contributed by atoms with E-state index in [0.717, 1.165) is 15.6 Å². The van der Waals surface area contributed by atoms with Crippen molar-refractivity contribution in [3.05, 3.63) is 94.0 Å². The highest BCUT2D eigenvalue weighted by atomic mass is 79.9. The molecule has 0 fully saturated rings. The largest absolute Gasteiger partial charge is 0.493 e. The predicted octanol–water partition coefficient (Wildman–Crippen LogP) is 5.96. The van der Waals surface area contributed by atoms with Crippen LogP contribution < -0.4 is 14.2 Å². The van der Waals surface area contributed by atoms with Crippen molar-refractivity contribution in [2.24, 2.45) is 0 Å². The van der Waals surface area contributed by atoms with Gasteiger partial charge in [0.05, 0.1) is 7.11 Å². The number of hydrogen-bond donors (Lipinski definition) is 0. The first kappa shape index (κ1) is 20.7. The van der Waals surface area contributed by atoms with Crippen LogP contribution in [-0.4, -0.2) is 13.1 Å². The molecule has 29 heavy (non-hydrogen) atoms. The maximum absolute atomic E-state index is 12.0. The van der Waals surface area contributed by atoms with Crippen LogP contribution in [0.3, 0.4) is 0 Å². The highest BCUT2D eigenvalue weighted by molar-refractivity contribution is 9.10. The zero-order valence-corrected chi connectivity index (χ0v) is 17.8. The molecule has 0 aliphatic rings. The van der Waals surface area contributed by atoms with Gasteiger partial charge >= 0.3 is 5.97 Å². The number of esters is 1. The van der Waals surface area contributed by atoms with Crippen LogP contribution >= 0.6 is 15.9 Å². The van der Waals surface area contributed by atoms with E-state index >= 15 is 0 Å². The Morgan fingerprint density at radius 2 is 1.76 bits per heavy atom. The Balaban J connectivity index is 1.64. The minimum Gasteiger partial charge on any atom is -0.493 e. The molecule has 4 nitrogen and oxygen atoms in total. The molecular formula is C24H21BrO4. The molecule has 0 saturated carbocycles. The lowest BCUT2D eigenvalue weighted by molar-refractivity contribution is -0.128. The number of halogens is 1. The molecule has 0 radical (unpaired) electrons. The van der Waals surface area contributed by atoms with E-state index in [0.29, 0.717) is 23.9 Å². The molecule has 0 amide bonds. The van der Waals surface area contributed by atoms with Crippen LogP contribution in [-0.2, 0) is 11.4 Å². The van der Waals surface area contributed by atoms with Crippen LogP contribution in [0.25, 0.3) is 6.08 Å². The van der Waals surface area contributed by atoms with E-state index in [1.165, 1.54) is 11.6 Å². The summed E-state index contributed by atoms with van der Waals surface area (Å²) in [5.74, 6) is 1.28. The monoisotopic (exact) mass is 452 g/mol. The van der Waals surface area contributed by atoms with Crippen LogP contribution in [0, 0.1) is 6.92 Å². The van der Waals surface area contributed by atoms with E-state index in [9.17, 15) is 4.79 Å². The zero-order chi connectivity index (χ0) is 20.6. The summed E-state index contributed by atoms with van der Waals surface area (Å²) in [4.78, 5) is 12.0. The molecule has 0 heterocycles. The Kier molecular flexibility index (Phi) is 7.09. The van der Waals surface area contributed by atoms with Gasteiger partial charge in [0.25, 0.3) is 0 Å². The van der Waals surface area contributed by atoms with Crippen molar-refractivity contribution in [3.63, 3.8) is 0 Å². The first-order chi connectivity index (χ1) is 14.0. The first-order valence-electron chi connectivity index (χ1n) is 9.06. The van der Waals surface area contributed by atoms with Crippen LogP contribution in [0.15, 0.2) is 77.3 Å². The second-order valence-corrected chi connectivity index (χ2v) is 7.25. The minimum atomic E-state index is -0.453. The molecular weight excluding hydrogens is 432 g/mol. The van der Waals surface area contributed by atoms with E-state index in [-0.39, 0.29) is 0 Å². The van der Waals surface area contributed by atoms with Gasteiger partial charge in [-0.3, -0.25) is 0 Å². The average Bonchev–Trinajstić information content (AvgIpc) is 2.73. The average molecular weight is 453 g/mol. The third-order valence-corrected chi connectivity index (χ3v) is 4.80. The van der Waals surface area contributed by atoms with E-state index in [2.05, 4.69) is 28.9 Å². The lowest BCUT2D eigenvalue weighted by atomic mass is 10.1. The van der Waals surface area contributed by atoms with Gasteiger partial charge in [0.2, 0.25) is 0 Å². The van der Waals surface area contributed by atoms with E-state index in [1.54, 1.807) is 25.3 Å². The summed E-state index contributed by atoms with van der Waals surface area (Å²) in [6.45, 7) is 2.51. The van der Waals surface area contributed by atoms with Gasteiger partial charge in [-0.05, 0) is 66.1 Å². The molecule has 0 atom stereocenters. The third kappa shape index (κ3) is 5.96. The van der Waals surface area contributed by atoms with Crippen molar-refractivity contribution < 1.29 is 19.0 Å². The van der Waals surface area contributed by atoms with Crippen LogP contribution in [0.5, 0.6) is 17.2 Å². The zero-order valence-electron chi connectivity index (χ0n) is 16.2. The number of ether oxygens (including phenoxy) is 3. The molecule has 0 saturated heterocycles. The Labute approximate surface area is 178 Å². The summed E-state index contributed by atoms with van der Waals surface area (Å²) in [5, 5.41) is 0. The number of carbonyl (C=O) groups excluding carboxylic acids is 1. The fraction of sp³-hybridized carbons (Fsp3) is 0.125. The number of aryl methyl sites for hydroxylation is 1. The van der Waals surface area contributed by atoms with Crippen molar-refractivity contribution >= 4 is 28.0 Å². The molecule has 148 valence electrons. The van der Waals surface area contributed by atoms with Crippen LogP contribution in [0.2, 0.25) is 0 Å². The summed E-state index contributed by atoms with van der Waals surface area (Å²) in [5.41, 5.74) is 3.10. The number of hydrogen-bond acceptors (Lipinski definition) is 4. The Hall–Kier alpha value is -3.05. The summed E-state index contributed by atoms with van der Waals surface area (Å²) in [6, 6.07) is 20.7. The number of benzene rings is 3. The second-order valence-electron chi connectivity index (χ2n) is 6.33. The van der Waals surface area contributed by atoms with Crippen molar-refractivity contribution in [1.82, 2.24) is 0 Å². The lowest BCUT2D eigenvalue weighted by Crippen LogP contribution is -2.03. The van der Waals surface area contributed by atoms with E-state index in [4.69, 9.17) is 14.2 Å². The van der Waals surface area contributed by atoms with Gasteiger partial charge in [-0.2, -0.15) is 0 Å². The first-order valence-corrected chi connectivity index (χ1v) is 9.85. The van der Waals surface area contributed by atoms with Crippen LogP contribution in [0.4, 0.5) is 0 Å². The minimum absolute atomic E-state index is 0.453. The normalized spacial score (nSPS) is 10.7. The van der Waals surface area contributed by atoms with Crippen molar-refractivity contribution in [3.8, 4) is 17.2 Å². The summed E-state index contributed by atoms with van der Waals surface area (Å²) < 4.78 is 17.5. The van der Waals surface area contributed by atoms with Gasteiger partial charge in [0.15, 0.2) is 11.5 Å². The fourth-order valence-corrected chi connectivity index (χ4v) is 2.92. The second kappa shape index (κ2) is 9.94.